The molecule has 0 fully saturated rings. The number of pyridine rings is 1. The maximum Gasteiger partial charge on any atom is 0.418 e. The Labute approximate surface area is 91.4 Å². The van der Waals surface area contributed by atoms with Crippen LogP contribution < -0.4 is 0 Å². The van der Waals surface area contributed by atoms with Crippen molar-refractivity contribution in [3.05, 3.63) is 27.8 Å². The molecule has 1 N–H and O–H groups in total. The summed E-state index contributed by atoms with van der Waals surface area (Å²) in [5.41, 5.74) is -0.869. The molecule has 0 aliphatic carbocycles. The molecule has 8 heteroatoms. The van der Waals surface area contributed by atoms with Gasteiger partial charge in [0.1, 0.15) is 5.15 Å². The molecule has 0 aliphatic heterocycles. The quantitative estimate of drug-likeness (QED) is 0.624. The Morgan fingerprint density at radius 2 is 1.80 bits per heavy atom. The predicted octanol–water partition coefficient (Wildman–Crippen LogP) is 3.12. The monoisotopic (exact) mass is 263 g/mol. The summed E-state index contributed by atoms with van der Waals surface area (Å²) in [7, 11) is 0. The van der Waals surface area contributed by atoms with Gasteiger partial charge < -0.3 is 5.11 Å². The number of aromatic nitrogens is 1. The first-order valence-electron chi connectivity index (χ1n) is 3.49. The van der Waals surface area contributed by atoms with Crippen molar-refractivity contribution in [2.75, 3.05) is 0 Å². The van der Waals surface area contributed by atoms with Gasteiger partial charge in [-0.1, -0.05) is 23.2 Å². The number of rotatable bonds is 1. The second-order valence-corrected chi connectivity index (χ2v) is 3.30. The third-order valence-corrected chi connectivity index (χ3v) is 2.09. The van der Waals surface area contributed by atoms with Gasteiger partial charge in [-0.15, -0.1) is 0 Å². The van der Waals surface area contributed by atoms with E-state index in [4.69, 9.17) is 28.3 Å². The molecule has 0 aliphatic rings. The number of nitrogens with zero attached hydrogens (tertiary/aromatic N) is 1. The van der Waals surface area contributed by atoms with Crippen LogP contribution >= 0.6 is 23.2 Å². The zero-order chi connectivity index (χ0) is 11.8. The van der Waals surface area contributed by atoms with Gasteiger partial charge in [0.05, 0.1) is 0 Å². The van der Waals surface area contributed by atoms with E-state index in [9.17, 15) is 17.6 Å². The van der Waals surface area contributed by atoms with Crippen LogP contribution in [0.15, 0.2) is 6.07 Å². The average molecular weight is 264 g/mol. The first-order valence-corrected chi connectivity index (χ1v) is 4.25. The van der Waals surface area contributed by atoms with Crippen LogP contribution in [0.25, 0.3) is 0 Å². The van der Waals surface area contributed by atoms with Gasteiger partial charge in [0.25, 0.3) is 0 Å². The van der Waals surface area contributed by atoms with E-state index in [-0.39, 0.29) is 0 Å². The average Bonchev–Trinajstić information content (AvgIpc) is 2.08. The minimum absolute atomic E-state index is 0.399. The second-order valence-electron chi connectivity index (χ2n) is 2.59. The highest BCUT2D eigenvalue weighted by Gasteiger charge is 2.41. The Morgan fingerprint density at radius 1 is 1.27 bits per heavy atom. The van der Waals surface area contributed by atoms with Gasteiger partial charge in [-0.25, -0.2) is 9.37 Å². The van der Waals surface area contributed by atoms with Crippen molar-refractivity contribution in [1.29, 1.82) is 0 Å². The predicted molar refractivity (Wildman–Crippen MR) is 45.2 cm³/mol. The van der Waals surface area contributed by atoms with Crippen molar-refractivity contribution in [1.82, 2.24) is 4.98 Å². The van der Waals surface area contributed by atoms with Gasteiger partial charge in [-0.3, -0.25) is 0 Å². The minimum Gasteiger partial charge on any atom is -0.379 e. The number of aliphatic hydroxyl groups is 1. The van der Waals surface area contributed by atoms with Gasteiger partial charge >= 0.3 is 6.18 Å². The van der Waals surface area contributed by atoms with Crippen LogP contribution in [-0.2, 0) is 0 Å². The van der Waals surface area contributed by atoms with Crippen molar-refractivity contribution in [2.24, 2.45) is 0 Å². The molecule has 1 atom stereocenters. The Hall–Kier alpha value is -0.590. The molecule has 84 valence electrons. The van der Waals surface area contributed by atoms with E-state index in [0.29, 0.717) is 6.07 Å². The first kappa shape index (κ1) is 12.5. The van der Waals surface area contributed by atoms with Crippen LogP contribution in [0.5, 0.6) is 0 Å². The zero-order valence-electron chi connectivity index (χ0n) is 6.82. The Kier molecular flexibility index (Phi) is 3.42. The van der Waals surface area contributed by atoms with E-state index >= 15 is 0 Å². The molecule has 1 aromatic heterocycles. The van der Waals surface area contributed by atoms with Crippen LogP contribution in [0.2, 0.25) is 10.3 Å². The lowest BCUT2D eigenvalue weighted by Gasteiger charge is -2.15. The molecule has 0 saturated heterocycles. The third-order valence-electron chi connectivity index (χ3n) is 1.52. The first-order chi connectivity index (χ1) is 6.73. The summed E-state index contributed by atoms with van der Waals surface area (Å²) in [4.78, 5) is 3.10. The van der Waals surface area contributed by atoms with Crippen molar-refractivity contribution in [3.8, 4) is 0 Å². The highest BCUT2D eigenvalue weighted by molar-refractivity contribution is 6.33. The van der Waals surface area contributed by atoms with E-state index in [1.165, 1.54) is 0 Å². The Balaban J connectivity index is 3.21. The van der Waals surface area contributed by atoms with Crippen LogP contribution in [0.4, 0.5) is 17.6 Å². The van der Waals surface area contributed by atoms with Gasteiger partial charge in [-0.2, -0.15) is 13.2 Å². The van der Waals surface area contributed by atoms with Gasteiger partial charge in [-0.05, 0) is 6.07 Å². The smallest absolute Gasteiger partial charge is 0.379 e. The molecule has 1 aromatic rings. The highest BCUT2D eigenvalue weighted by atomic mass is 35.5. The molecule has 0 bridgehead atoms. The number of aliphatic hydroxyl groups excluding tert-OH is 1. The van der Waals surface area contributed by atoms with Crippen LogP contribution in [0.1, 0.15) is 11.7 Å². The fourth-order valence-corrected chi connectivity index (χ4v) is 1.25. The van der Waals surface area contributed by atoms with Crippen LogP contribution in [0, 0.1) is 5.82 Å². The number of hydrogen-bond acceptors (Lipinski definition) is 2. The number of halogens is 6. The number of alkyl halides is 3. The summed E-state index contributed by atoms with van der Waals surface area (Å²) in [5.74, 6) is -1.18. The second kappa shape index (κ2) is 4.11. The van der Waals surface area contributed by atoms with Crippen LogP contribution in [0.3, 0.4) is 0 Å². The van der Waals surface area contributed by atoms with Gasteiger partial charge in [0, 0.05) is 5.56 Å². The highest BCUT2D eigenvalue weighted by Crippen LogP contribution is 2.36. The zero-order valence-corrected chi connectivity index (χ0v) is 8.33. The molecule has 2 nitrogen and oxygen atoms in total. The van der Waals surface area contributed by atoms with E-state index in [0.717, 1.165) is 0 Å². The van der Waals surface area contributed by atoms with E-state index in [1.807, 2.05) is 0 Å². The summed E-state index contributed by atoms with van der Waals surface area (Å²) in [6, 6.07) is 0.399. The SMILES string of the molecule is O[C@H](c1cc(F)c(Cl)nc1Cl)C(F)(F)F. The molecular weight excluding hydrogens is 261 g/mol. The summed E-state index contributed by atoms with van der Waals surface area (Å²) >= 11 is 10.5. The minimum atomic E-state index is -4.94. The van der Waals surface area contributed by atoms with E-state index in [2.05, 4.69) is 4.98 Å². The molecule has 0 radical (unpaired) electrons. The lowest BCUT2D eigenvalue weighted by Crippen LogP contribution is -2.21. The van der Waals surface area contributed by atoms with E-state index < -0.39 is 34.0 Å². The third kappa shape index (κ3) is 2.70. The fourth-order valence-electron chi connectivity index (χ4n) is 0.828. The topological polar surface area (TPSA) is 33.1 Å². The molecule has 0 aromatic carbocycles. The van der Waals surface area contributed by atoms with Crippen molar-refractivity contribution < 1.29 is 22.7 Å². The summed E-state index contributed by atoms with van der Waals surface area (Å²) in [6.45, 7) is 0. The largest absolute Gasteiger partial charge is 0.418 e. The number of hydrogen-bond donors (Lipinski definition) is 1. The molecular formula is C7H3Cl2F4NO. The molecule has 0 unspecified atom stereocenters. The lowest BCUT2D eigenvalue weighted by atomic mass is 10.1. The Morgan fingerprint density at radius 3 is 2.27 bits per heavy atom. The molecule has 15 heavy (non-hydrogen) atoms. The molecule has 0 amide bonds. The summed E-state index contributed by atoms with van der Waals surface area (Å²) < 4.78 is 48.9. The Bertz CT molecular complexity index is 382. The fraction of sp³-hybridized carbons (Fsp3) is 0.286. The maximum absolute atomic E-state index is 12.8. The summed E-state index contributed by atoms with van der Waals surface area (Å²) in [5, 5.41) is 7.45. The molecule has 0 saturated carbocycles. The molecule has 1 heterocycles. The van der Waals surface area contributed by atoms with E-state index in [1.54, 1.807) is 0 Å². The normalized spacial score (nSPS) is 14.1. The summed E-state index contributed by atoms with van der Waals surface area (Å²) in [6.07, 6.45) is -7.82. The van der Waals surface area contributed by atoms with Crippen molar-refractivity contribution in [3.63, 3.8) is 0 Å². The standard InChI is InChI=1S/C7H3Cl2F4NO/c8-5-2(4(15)7(11,12)13)1-3(10)6(9)14-5/h1,4,15H/t4-/m1/s1. The van der Waals surface area contributed by atoms with Gasteiger partial charge in [0.15, 0.2) is 17.1 Å². The molecule has 0 spiro atoms. The molecule has 1 rings (SSSR count). The van der Waals surface area contributed by atoms with Gasteiger partial charge in [0.2, 0.25) is 0 Å². The maximum atomic E-state index is 12.8. The van der Waals surface area contributed by atoms with Crippen LogP contribution in [-0.4, -0.2) is 16.3 Å². The lowest BCUT2D eigenvalue weighted by molar-refractivity contribution is -0.206. The van der Waals surface area contributed by atoms with Crippen molar-refractivity contribution >= 4 is 23.2 Å². The van der Waals surface area contributed by atoms with Crippen molar-refractivity contribution in [2.45, 2.75) is 12.3 Å².